The molecule has 1 heterocycles. The third kappa shape index (κ3) is 10.1. The van der Waals surface area contributed by atoms with Crippen molar-refractivity contribution in [2.75, 3.05) is 66.2 Å². The molecule has 1 aliphatic rings. The van der Waals surface area contributed by atoms with Crippen molar-refractivity contribution in [2.45, 2.75) is 39.5 Å². The summed E-state index contributed by atoms with van der Waals surface area (Å²) in [5, 5.41) is 6.72. The van der Waals surface area contributed by atoms with Crippen molar-refractivity contribution in [3.63, 3.8) is 0 Å². The van der Waals surface area contributed by atoms with E-state index in [1.807, 2.05) is 7.05 Å². The van der Waals surface area contributed by atoms with Gasteiger partial charge >= 0.3 is 0 Å². The van der Waals surface area contributed by atoms with Crippen molar-refractivity contribution in [2.24, 2.45) is 10.9 Å². The van der Waals surface area contributed by atoms with Gasteiger partial charge in [0.15, 0.2) is 5.96 Å². The van der Waals surface area contributed by atoms with Crippen molar-refractivity contribution >= 4 is 5.96 Å². The minimum absolute atomic E-state index is 0.601. The van der Waals surface area contributed by atoms with Gasteiger partial charge in [0.25, 0.3) is 0 Å². The van der Waals surface area contributed by atoms with Gasteiger partial charge in [0.05, 0.1) is 13.2 Å². The predicted octanol–water partition coefficient (Wildman–Crippen LogP) is 1.72. The zero-order valence-corrected chi connectivity index (χ0v) is 16.0. The molecule has 1 atom stereocenters. The van der Waals surface area contributed by atoms with Crippen molar-refractivity contribution in [1.29, 1.82) is 0 Å². The van der Waals surface area contributed by atoms with E-state index in [-0.39, 0.29) is 0 Å². The smallest absolute Gasteiger partial charge is 0.190 e. The molecule has 1 aliphatic heterocycles. The summed E-state index contributed by atoms with van der Waals surface area (Å²) < 4.78 is 11.0. The molecule has 0 spiro atoms. The van der Waals surface area contributed by atoms with Gasteiger partial charge < -0.3 is 25.0 Å². The number of nitrogens with zero attached hydrogens (tertiary/aromatic N) is 2. The van der Waals surface area contributed by atoms with Gasteiger partial charge in [-0.1, -0.05) is 13.8 Å². The van der Waals surface area contributed by atoms with Gasteiger partial charge in [-0.2, -0.15) is 0 Å². The van der Waals surface area contributed by atoms with Crippen LogP contribution in [0.5, 0.6) is 0 Å². The maximum Gasteiger partial charge on any atom is 0.190 e. The second-order valence-electron chi connectivity index (χ2n) is 6.32. The molecule has 0 radical (unpaired) electrons. The summed E-state index contributed by atoms with van der Waals surface area (Å²) in [4.78, 5) is 6.72. The van der Waals surface area contributed by atoms with Crippen molar-refractivity contribution in [3.8, 4) is 0 Å². The molecule has 0 bridgehead atoms. The molecule has 24 heavy (non-hydrogen) atoms. The third-order valence-electron chi connectivity index (χ3n) is 4.45. The van der Waals surface area contributed by atoms with Crippen LogP contribution in [0.2, 0.25) is 0 Å². The SMILES string of the molecule is CCN(CC)CCCCNC(=NC)NCCCOCC1CCOC1. The molecule has 0 aromatic carbocycles. The lowest BCUT2D eigenvalue weighted by Crippen LogP contribution is -2.38. The molecule has 1 rings (SSSR count). The summed E-state index contributed by atoms with van der Waals surface area (Å²) in [7, 11) is 1.82. The molecule has 6 nitrogen and oxygen atoms in total. The van der Waals surface area contributed by atoms with E-state index in [0.717, 1.165) is 71.4 Å². The van der Waals surface area contributed by atoms with E-state index >= 15 is 0 Å². The summed E-state index contributed by atoms with van der Waals surface area (Å²) in [5.41, 5.74) is 0. The van der Waals surface area contributed by atoms with Gasteiger partial charge in [-0.05, 0) is 45.3 Å². The van der Waals surface area contributed by atoms with Crippen LogP contribution < -0.4 is 10.6 Å². The lowest BCUT2D eigenvalue weighted by Gasteiger charge is -2.18. The molecule has 0 aromatic rings. The first kappa shape index (κ1) is 21.2. The van der Waals surface area contributed by atoms with Crippen LogP contribution >= 0.6 is 0 Å². The number of guanidine groups is 1. The lowest BCUT2D eigenvalue weighted by molar-refractivity contribution is 0.0888. The van der Waals surface area contributed by atoms with E-state index in [1.54, 1.807) is 0 Å². The molecule has 2 N–H and O–H groups in total. The van der Waals surface area contributed by atoms with Crippen molar-refractivity contribution in [1.82, 2.24) is 15.5 Å². The molecule has 142 valence electrons. The highest BCUT2D eigenvalue weighted by atomic mass is 16.5. The first-order valence-corrected chi connectivity index (χ1v) is 9.62. The Morgan fingerprint density at radius 3 is 2.54 bits per heavy atom. The largest absolute Gasteiger partial charge is 0.381 e. The summed E-state index contributed by atoms with van der Waals surface area (Å²) in [6.45, 7) is 13.2. The summed E-state index contributed by atoms with van der Waals surface area (Å²) >= 11 is 0. The lowest BCUT2D eigenvalue weighted by atomic mass is 10.1. The van der Waals surface area contributed by atoms with Gasteiger partial charge in [0.1, 0.15) is 0 Å². The Hall–Kier alpha value is -0.850. The second-order valence-corrected chi connectivity index (χ2v) is 6.32. The molecular formula is C18H38N4O2. The number of aliphatic imine (C=N–C) groups is 1. The van der Waals surface area contributed by atoms with Crippen LogP contribution in [0.25, 0.3) is 0 Å². The first-order chi connectivity index (χ1) is 11.8. The fourth-order valence-electron chi connectivity index (χ4n) is 2.77. The van der Waals surface area contributed by atoms with Crippen LogP contribution in [-0.4, -0.2) is 77.1 Å². The zero-order chi connectivity index (χ0) is 17.5. The van der Waals surface area contributed by atoms with Gasteiger partial charge in [0, 0.05) is 39.3 Å². The van der Waals surface area contributed by atoms with E-state index in [1.165, 1.54) is 19.4 Å². The predicted molar refractivity (Wildman–Crippen MR) is 101 cm³/mol. The molecule has 6 heteroatoms. The number of rotatable bonds is 13. The van der Waals surface area contributed by atoms with Gasteiger partial charge in [-0.15, -0.1) is 0 Å². The Morgan fingerprint density at radius 2 is 1.92 bits per heavy atom. The Balaban J connectivity index is 1.92. The second kappa shape index (κ2) is 14.5. The van der Waals surface area contributed by atoms with E-state index in [0.29, 0.717) is 5.92 Å². The maximum absolute atomic E-state index is 5.70. The number of unbranched alkanes of at least 4 members (excludes halogenated alkanes) is 1. The Kier molecular flexibility index (Phi) is 12.8. The molecule has 1 fully saturated rings. The summed E-state index contributed by atoms with van der Waals surface area (Å²) in [5.74, 6) is 1.49. The molecule has 0 amide bonds. The monoisotopic (exact) mass is 342 g/mol. The third-order valence-corrected chi connectivity index (χ3v) is 4.45. The van der Waals surface area contributed by atoms with E-state index in [2.05, 4.69) is 34.4 Å². The minimum Gasteiger partial charge on any atom is -0.381 e. The maximum atomic E-state index is 5.70. The van der Waals surface area contributed by atoms with Crippen LogP contribution in [0.3, 0.4) is 0 Å². The van der Waals surface area contributed by atoms with Gasteiger partial charge in [0.2, 0.25) is 0 Å². The quantitative estimate of drug-likeness (QED) is 0.303. The van der Waals surface area contributed by atoms with Crippen LogP contribution in [0.15, 0.2) is 4.99 Å². The van der Waals surface area contributed by atoms with Gasteiger partial charge in [-0.25, -0.2) is 0 Å². The van der Waals surface area contributed by atoms with Crippen molar-refractivity contribution in [3.05, 3.63) is 0 Å². The van der Waals surface area contributed by atoms with Crippen LogP contribution in [0, 0.1) is 5.92 Å². The standard InChI is InChI=1S/C18H38N4O2/c1-4-22(5-2)12-7-6-10-20-18(19-3)21-11-8-13-23-15-17-9-14-24-16-17/h17H,4-16H2,1-3H3,(H2,19,20,21). The molecular weight excluding hydrogens is 304 g/mol. The average Bonchev–Trinajstić information content (AvgIpc) is 3.12. The summed E-state index contributed by atoms with van der Waals surface area (Å²) in [6.07, 6.45) is 4.54. The summed E-state index contributed by atoms with van der Waals surface area (Å²) in [6, 6.07) is 0. The Bertz CT molecular complexity index is 316. The number of hydrogen-bond donors (Lipinski definition) is 2. The molecule has 1 unspecified atom stereocenters. The normalized spacial score (nSPS) is 18.3. The number of hydrogen-bond acceptors (Lipinski definition) is 4. The minimum atomic E-state index is 0.601. The highest BCUT2D eigenvalue weighted by Gasteiger charge is 2.15. The Morgan fingerprint density at radius 1 is 1.17 bits per heavy atom. The molecule has 0 aromatic heterocycles. The Labute approximate surface area is 148 Å². The molecule has 1 saturated heterocycles. The van der Waals surface area contributed by atoms with E-state index in [9.17, 15) is 0 Å². The van der Waals surface area contributed by atoms with Crippen LogP contribution in [0.1, 0.15) is 39.5 Å². The average molecular weight is 343 g/mol. The van der Waals surface area contributed by atoms with Crippen LogP contribution in [-0.2, 0) is 9.47 Å². The molecule has 0 aliphatic carbocycles. The molecule has 0 saturated carbocycles. The topological polar surface area (TPSA) is 58.1 Å². The van der Waals surface area contributed by atoms with Gasteiger partial charge in [-0.3, -0.25) is 4.99 Å². The zero-order valence-electron chi connectivity index (χ0n) is 16.0. The number of ether oxygens (including phenoxy) is 2. The van der Waals surface area contributed by atoms with Crippen LogP contribution in [0.4, 0.5) is 0 Å². The number of nitrogens with one attached hydrogen (secondary N) is 2. The highest BCUT2D eigenvalue weighted by molar-refractivity contribution is 5.79. The highest BCUT2D eigenvalue weighted by Crippen LogP contribution is 2.12. The van der Waals surface area contributed by atoms with E-state index in [4.69, 9.17) is 9.47 Å². The fourth-order valence-corrected chi connectivity index (χ4v) is 2.77. The van der Waals surface area contributed by atoms with Crippen molar-refractivity contribution < 1.29 is 9.47 Å². The fraction of sp³-hybridized carbons (Fsp3) is 0.944. The van der Waals surface area contributed by atoms with E-state index < -0.39 is 0 Å². The first-order valence-electron chi connectivity index (χ1n) is 9.62.